The van der Waals surface area contributed by atoms with Crippen LogP contribution in [-0.4, -0.2) is 98.0 Å². The fourth-order valence-electron chi connectivity index (χ4n) is 2.66. The van der Waals surface area contributed by atoms with Crippen LogP contribution in [0, 0.1) is 12.3 Å². The molecule has 2 rings (SSSR count). The summed E-state index contributed by atoms with van der Waals surface area (Å²) in [5, 5.41) is 67.0. The van der Waals surface area contributed by atoms with Gasteiger partial charge in [0, 0.05) is 5.92 Å². The lowest BCUT2D eigenvalue weighted by molar-refractivity contribution is -0.305. The average Bonchev–Trinajstić information content (AvgIpc) is 2.51. The van der Waals surface area contributed by atoms with E-state index in [-0.39, 0.29) is 13.0 Å². The number of aliphatic hydroxyl groups is 7. The van der Waals surface area contributed by atoms with Crippen molar-refractivity contribution in [2.45, 2.75) is 55.4 Å². The summed E-state index contributed by atoms with van der Waals surface area (Å²) >= 11 is 0. The highest BCUT2D eigenvalue weighted by Gasteiger charge is 2.45. The largest absolute Gasteiger partial charge is 0.394 e. The SMILES string of the molecule is OC[C@H]1O[C@H](OCC2C[CH]C(O)C(O)C2O)[C@H](O)[C@@H](O)[C@@H]1O. The molecule has 0 aromatic carbocycles. The minimum atomic E-state index is -1.54. The second-order valence-electron chi connectivity index (χ2n) is 5.73. The van der Waals surface area contributed by atoms with Crippen LogP contribution in [0.4, 0.5) is 0 Å². The van der Waals surface area contributed by atoms with Crippen molar-refractivity contribution < 1.29 is 45.2 Å². The molecule has 1 saturated heterocycles. The van der Waals surface area contributed by atoms with E-state index in [2.05, 4.69) is 0 Å². The van der Waals surface area contributed by atoms with Gasteiger partial charge in [-0.2, -0.15) is 0 Å². The fraction of sp³-hybridized carbons (Fsp3) is 0.923. The molecule has 1 heterocycles. The Morgan fingerprint density at radius 2 is 1.59 bits per heavy atom. The van der Waals surface area contributed by atoms with Gasteiger partial charge in [-0.15, -0.1) is 0 Å². The molecule has 2 aliphatic rings. The lowest BCUT2D eigenvalue weighted by atomic mass is 9.83. The number of ether oxygens (including phenoxy) is 2. The van der Waals surface area contributed by atoms with Crippen LogP contribution in [0.15, 0.2) is 0 Å². The molecule has 7 N–H and O–H groups in total. The molecule has 1 radical (unpaired) electrons. The van der Waals surface area contributed by atoms with Crippen LogP contribution in [0.5, 0.6) is 0 Å². The van der Waals surface area contributed by atoms with Gasteiger partial charge in [0.25, 0.3) is 0 Å². The molecule has 9 heteroatoms. The summed E-state index contributed by atoms with van der Waals surface area (Å²) in [6, 6.07) is 0. The van der Waals surface area contributed by atoms with Crippen molar-refractivity contribution in [3.63, 3.8) is 0 Å². The Kier molecular flexibility index (Phi) is 6.11. The zero-order valence-corrected chi connectivity index (χ0v) is 11.8. The van der Waals surface area contributed by atoms with E-state index in [1.807, 2.05) is 0 Å². The fourth-order valence-corrected chi connectivity index (χ4v) is 2.66. The van der Waals surface area contributed by atoms with Gasteiger partial charge >= 0.3 is 0 Å². The molecule has 0 amide bonds. The smallest absolute Gasteiger partial charge is 0.186 e. The molecule has 9 atom stereocenters. The lowest BCUT2D eigenvalue weighted by Crippen LogP contribution is -2.59. The van der Waals surface area contributed by atoms with Crippen LogP contribution in [-0.2, 0) is 9.47 Å². The molecule has 4 unspecified atom stereocenters. The van der Waals surface area contributed by atoms with E-state index in [1.54, 1.807) is 0 Å². The van der Waals surface area contributed by atoms with Crippen LogP contribution in [0.2, 0.25) is 0 Å². The number of aliphatic hydroxyl groups excluding tert-OH is 7. The third kappa shape index (κ3) is 3.58. The minimum Gasteiger partial charge on any atom is -0.394 e. The number of rotatable bonds is 4. The second-order valence-corrected chi connectivity index (χ2v) is 5.73. The van der Waals surface area contributed by atoms with E-state index < -0.39 is 61.5 Å². The molecule has 0 aromatic heterocycles. The summed E-state index contributed by atoms with van der Waals surface area (Å²) < 4.78 is 10.5. The van der Waals surface area contributed by atoms with E-state index in [1.165, 1.54) is 6.42 Å². The summed E-state index contributed by atoms with van der Waals surface area (Å²) in [6.07, 6.45) is -8.78. The quantitative estimate of drug-likeness (QED) is 0.274. The zero-order valence-electron chi connectivity index (χ0n) is 11.8. The van der Waals surface area contributed by atoms with Crippen LogP contribution < -0.4 is 0 Å². The molecule has 1 aliphatic heterocycles. The molecule has 9 nitrogen and oxygen atoms in total. The highest BCUT2D eigenvalue weighted by atomic mass is 16.7. The van der Waals surface area contributed by atoms with Gasteiger partial charge < -0.3 is 45.2 Å². The highest BCUT2D eigenvalue weighted by molar-refractivity contribution is 4.97. The number of hydrogen-bond donors (Lipinski definition) is 7. The van der Waals surface area contributed by atoms with Gasteiger partial charge in [-0.1, -0.05) is 0 Å². The zero-order chi connectivity index (χ0) is 16.4. The van der Waals surface area contributed by atoms with Gasteiger partial charge in [0.2, 0.25) is 0 Å². The Hall–Kier alpha value is -0.360. The predicted octanol–water partition coefficient (Wildman–Crippen LogP) is -3.89. The van der Waals surface area contributed by atoms with E-state index in [0.29, 0.717) is 0 Å². The van der Waals surface area contributed by atoms with Crippen LogP contribution >= 0.6 is 0 Å². The molecule has 1 aliphatic carbocycles. The minimum absolute atomic E-state index is 0.107. The van der Waals surface area contributed by atoms with E-state index in [9.17, 15) is 30.6 Å². The maximum absolute atomic E-state index is 9.85. The topological polar surface area (TPSA) is 160 Å². The Bertz CT molecular complexity index is 352. The highest BCUT2D eigenvalue weighted by Crippen LogP contribution is 2.27. The molecule has 22 heavy (non-hydrogen) atoms. The van der Waals surface area contributed by atoms with Crippen molar-refractivity contribution in [1.82, 2.24) is 0 Å². The van der Waals surface area contributed by atoms with Crippen LogP contribution in [0.3, 0.4) is 0 Å². The van der Waals surface area contributed by atoms with Gasteiger partial charge in [-0.3, -0.25) is 0 Å². The number of hydrogen-bond acceptors (Lipinski definition) is 9. The van der Waals surface area contributed by atoms with Crippen LogP contribution in [0.1, 0.15) is 6.42 Å². The van der Waals surface area contributed by atoms with Crippen molar-refractivity contribution in [2.24, 2.45) is 5.92 Å². The van der Waals surface area contributed by atoms with Crippen molar-refractivity contribution in [3.05, 3.63) is 6.42 Å². The van der Waals surface area contributed by atoms with E-state index in [4.69, 9.17) is 14.6 Å². The molecular formula is C13H23O9. The maximum Gasteiger partial charge on any atom is 0.186 e. The van der Waals surface area contributed by atoms with E-state index in [0.717, 1.165) is 0 Å². The predicted molar refractivity (Wildman–Crippen MR) is 70.1 cm³/mol. The summed E-state index contributed by atoms with van der Waals surface area (Å²) in [4.78, 5) is 0. The van der Waals surface area contributed by atoms with E-state index >= 15 is 0 Å². The van der Waals surface area contributed by atoms with Gasteiger partial charge in [-0.25, -0.2) is 0 Å². The van der Waals surface area contributed by atoms with Crippen LogP contribution in [0.25, 0.3) is 0 Å². The standard InChI is InChI=1S/C13H23O9/c14-3-7-10(18)11(19)12(20)13(22-7)21-4-5-1-2-6(15)9(17)8(5)16/h2,5-20H,1,3-4H2/t5?,6?,7-,8?,9?,10-,11+,12-,13+/m1/s1. The second kappa shape index (κ2) is 7.47. The normalized spacial score (nSPS) is 50.0. The summed E-state index contributed by atoms with van der Waals surface area (Å²) in [7, 11) is 0. The Morgan fingerprint density at radius 1 is 0.909 bits per heavy atom. The molecule has 2 fully saturated rings. The van der Waals surface area contributed by atoms with Gasteiger partial charge in [-0.05, 0) is 12.8 Å². The van der Waals surface area contributed by atoms with Crippen molar-refractivity contribution in [1.29, 1.82) is 0 Å². The molecule has 0 spiro atoms. The molecule has 0 aromatic rings. The molecule has 129 valence electrons. The lowest BCUT2D eigenvalue weighted by Gasteiger charge is -2.41. The monoisotopic (exact) mass is 323 g/mol. The van der Waals surface area contributed by atoms with Gasteiger partial charge in [0.1, 0.15) is 30.5 Å². The maximum atomic E-state index is 9.85. The summed E-state index contributed by atoms with van der Waals surface area (Å²) in [6.45, 7) is -0.667. The summed E-state index contributed by atoms with van der Waals surface area (Å²) in [5.41, 5.74) is 0. The third-order valence-corrected chi connectivity index (χ3v) is 4.19. The molecular weight excluding hydrogens is 300 g/mol. The van der Waals surface area contributed by atoms with Gasteiger partial charge in [0.15, 0.2) is 6.29 Å². The summed E-state index contributed by atoms with van der Waals surface area (Å²) in [5.74, 6) is -0.522. The molecule has 0 bridgehead atoms. The van der Waals surface area contributed by atoms with Gasteiger partial charge in [0.05, 0.1) is 25.4 Å². The first-order valence-corrected chi connectivity index (χ1v) is 7.16. The van der Waals surface area contributed by atoms with Crippen molar-refractivity contribution in [3.8, 4) is 0 Å². The third-order valence-electron chi connectivity index (χ3n) is 4.19. The molecule has 1 saturated carbocycles. The van der Waals surface area contributed by atoms with Crippen molar-refractivity contribution in [2.75, 3.05) is 13.2 Å². The first-order chi connectivity index (χ1) is 10.4. The Balaban J connectivity index is 1.90. The average molecular weight is 323 g/mol. The first kappa shape index (κ1) is 18.0. The first-order valence-electron chi connectivity index (χ1n) is 7.16. The Morgan fingerprint density at radius 3 is 2.23 bits per heavy atom. The van der Waals surface area contributed by atoms with Crippen molar-refractivity contribution >= 4 is 0 Å². The Labute approximate surface area is 127 Å².